The summed E-state index contributed by atoms with van der Waals surface area (Å²) in [5.41, 5.74) is 3.58. The molecule has 4 rings (SSSR count). The molecule has 1 N–H and O–H groups in total. The molecule has 31 heavy (non-hydrogen) atoms. The van der Waals surface area contributed by atoms with Crippen molar-refractivity contribution in [3.8, 4) is 10.4 Å². The molecule has 5 nitrogen and oxygen atoms in total. The molecule has 0 radical (unpaired) electrons. The summed E-state index contributed by atoms with van der Waals surface area (Å²) < 4.78 is 27.7. The van der Waals surface area contributed by atoms with E-state index in [0.29, 0.717) is 30.8 Å². The average molecular weight is 455 g/mol. The summed E-state index contributed by atoms with van der Waals surface area (Å²) in [5, 5.41) is 5.08. The van der Waals surface area contributed by atoms with Crippen molar-refractivity contribution in [2.45, 2.75) is 31.6 Å². The molecule has 0 atom stereocenters. The Morgan fingerprint density at radius 3 is 2.45 bits per heavy atom. The van der Waals surface area contributed by atoms with Crippen LogP contribution in [0.15, 0.2) is 64.9 Å². The number of sulfonamides is 1. The minimum atomic E-state index is -3.55. The lowest BCUT2D eigenvalue weighted by molar-refractivity contribution is -0.120. The predicted molar refractivity (Wildman–Crippen MR) is 126 cm³/mol. The van der Waals surface area contributed by atoms with E-state index in [1.165, 1.54) is 4.31 Å². The number of aryl methyl sites for hydroxylation is 2. The molecule has 1 amide bonds. The molecule has 1 aromatic heterocycles. The number of carbonyl (C=O) groups excluding carboxylic acids is 1. The highest BCUT2D eigenvalue weighted by atomic mass is 32.2. The topological polar surface area (TPSA) is 66.5 Å². The molecule has 0 saturated carbocycles. The Morgan fingerprint density at radius 2 is 1.77 bits per heavy atom. The molecule has 2 aromatic carbocycles. The van der Waals surface area contributed by atoms with Gasteiger partial charge in [0.25, 0.3) is 0 Å². The van der Waals surface area contributed by atoms with Gasteiger partial charge in [0.2, 0.25) is 15.9 Å². The lowest BCUT2D eigenvalue weighted by Crippen LogP contribution is -2.41. The molecule has 2 heterocycles. The van der Waals surface area contributed by atoms with Crippen molar-refractivity contribution in [3.05, 3.63) is 71.1 Å². The van der Waals surface area contributed by atoms with Gasteiger partial charge < -0.3 is 5.32 Å². The first-order valence-electron chi connectivity index (χ1n) is 10.4. The number of hydrogen-bond acceptors (Lipinski definition) is 4. The first-order chi connectivity index (χ1) is 14.9. The molecule has 1 saturated heterocycles. The molecular weight excluding hydrogens is 428 g/mol. The monoisotopic (exact) mass is 454 g/mol. The summed E-state index contributed by atoms with van der Waals surface area (Å²) in [5.74, 6) is -0.255. The van der Waals surface area contributed by atoms with Crippen LogP contribution in [0.25, 0.3) is 10.4 Å². The third-order valence-electron chi connectivity index (χ3n) is 5.74. The normalized spacial score (nSPS) is 15.7. The van der Waals surface area contributed by atoms with Gasteiger partial charge in [-0.25, -0.2) is 8.42 Å². The SMILES string of the molecule is Cc1ccc(S(=O)(=O)N2CCC(C(=O)Nc3ccccc3-c3cccs3)CC2)c(C)c1. The fraction of sp³-hybridized carbons (Fsp3) is 0.292. The van der Waals surface area contributed by atoms with Crippen LogP contribution < -0.4 is 5.32 Å². The smallest absolute Gasteiger partial charge is 0.243 e. The van der Waals surface area contributed by atoms with E-state index < -0.39 is 10.0 Å². The molecular formula is C24H26N2O3S2. The Kier molecular flexibility index (Phi) is 6.27. The first kappa shape index (κ1) is 21.7. The maximum Gasteiger partial charge on any atom is 0.243 e. The number of thiophene rings is 1. The summed E-state index contributed by atoms with van der Waals surface area (Å²) in [6.07, 6.45) is 1.02. The Balaban J connectivity index is 1.43. The number of piperidine rings is 1. The van der Waals surface area contributed by atoms with Gasteiger partial charge in [-0.3, -0.25) is 4.79 Å². The van der Waals surface area contributed by atoms with Crippen LogP contribution in [0, 0.1) is 19.8 Å². The van der Waals surface area contributed by atoms with Crippen molar-refractivity contribution < 1.29 is 13.2 Å². The minimum Gasteiger partial charge on any atom is -0.325 e. The Hall–Kier alpha value is -2.48. The van der Waals surface area contributed by atoms with Gasteiger partial charge in [-0.2, -0.15) is 4.31 Å². The molecule has 0 aliphatic carbocycles. The zero-order valence-corrected chi connectivity index (χ0v) is 19.3. The highest BCUT2D eigenvalue weighted by molar-refractivity contribution is 7.89. The maximum atomic E-state index is 13.1. The van der Waals surface area contributed by atoms with Crippen LogP contribution in [0.4, 0.5) is 5.69 Å². The number of nitrogens with one attached hydrogen (secondary N) is 1. The molecule has 1 aliphatic rings. The molecule has 7 heteroatoms. The lowest BCUT2D eigenvalue weighted by Gasteiger charge is -2.31. The van der Waals surface area contributed by atoms with Crippen molar-refractivity contribution in [3.63, 3.8) is 0 Å². The van der Waals surface area contributed by atoms with Crippen molar-refractivity contribution in [2.75, 3.05) is 18.4 Å². The van der Waals surface area contributed by atoms with Crippen LogP contribution in [-0.4, -0.2) is 31.7 Å². The predicted octanol–water partition coefficient (Wildman–Crippen LogP) is 5.07. The van der Waals surface area contributed by atoms with Gasteiger partial charge >= 0.3 is 0 Å². The van der Waals surface area contributed by atoms with Gasteiger partial charge in [-0.15, -0.1) is 11.3 Å². The molecule has 1 fully saturated rings. The number of para-hydroxylation sites is 1. The van der Waals surface area contributed by atoms with Gasteiger partial charge in [-0.05, 0) is 55.8 Å². The molecule has 3 aromatic rings. The van der Waals surface area contributed by atoms with Crippen LogP contribution in [0.5, 0.6) is 0 Å². The van der Waals surface area contributed by atoms with E-state index >= 15 is 0 Å². The zero-order chi connectivity index (χ0) is 22.0. The number of benzene rings is 2. The summed E-state index contributed by atoms with van der Waals surface area (Å²) in [7, 11) is -3.55. The van der Waals surface area contributed by atoms with Gasteiger partial charge in [0, 0.05) is 35.1 Å². The van der Waals surface area contributed by atoms with Crippen molar-refractivity contribution in [1.29, 1.82) is 0 Å². The summed E-state index contributed by atoms with van der Waals surface area (Å²) in [4.78, 5) is 14.4. The largest absolute Gasteiger partial charge is 0.325 e. The van der Waals surface area contributed by atoms with Gasteiger partial charge in [-0.1, -0.05) is 42.0 Å². The molecule has 1 aliphatic heterocycles. The minimum absolute atomic E-state index is 0.0485. The van der Waals surface area contributed by atoms with Crippen molar-refractivity contribution >= 4 is 33.0 Å². The Bertz CT molecular complexity index is 1180. The quantitative estimate of drug-likeness (QED) is 0.585. The number of amides is 1. The van der Waals surface area contributed by atoms with E-state index in [1.54, 1.807) is 17.4 Å². The van der Waals surface area contributed by atoms with Crippen molar-refractivity contribution in [1.82, 2.24) is 4.31 Å². The number of hydrogen-bond donors (Lipinski definition) is 1. The number of nitrogens with zero attached hydrogens (tertiary/aromatic N) is 1. The van der Waals surface area contributed by atoms with Crippen LogP contribution in [0.3, 0.4) is 0 Å². The summed E-state index contributed by atoms with van der Waals surface area (Å²) >= 11 is 1.63. The second-order valence-electron chi connectivity index (χ2n) is 7.96. The van der Waals surface area contributed by atoms with Crippen LogP contribution >= 0.6 is 11.3 Å². The highest BCUT2D eigenvalue weighted by Crippen LogP contribution is 2.32. The number of rotatable bonds is 5. The van der Waals surface area contributed by atoms with Gasteiger partial charge in [0.05, 0.1) is 4.90 Å². The molecule has 0 spiro atoms. The van der Waals surface area contributed by atoms with Crippen molar-refractivity contribution in [2.24, 2.45) is 5.92 Å². The summed E-state index contributed by atoms with van der Waals surface area (Å²) in [6, 6.07) is 17.2. The second-order valence-corrected chi connectivity index (χ2v) is 10.8. The highest BCUT2D eigenvalue weighted by Gasteiger charge is 2.33. The fourth-order valence-corrected chi connectivity index (χ4v) is 6.50. The number of anilines is 1. The Morgan fingerprint density at radius 1 is 1.03 bits per heavy atom. The van der Waals surface area contributed by atoms with Gasteiger partial charge in [0.1, 0.15) is 0 Å². The Labute approximate surface area is 187 Å². The fourth-order valence-electron chi connectivity index (χ4n) is 4.06. The van der Waals surface area contributed by atoms with Crippen LogP contribution in [-0.2, 0) is 14.8 Å². The first-order valence-corrected chi connectivity index (χ1v) is 12.7. The standard InChI is InChI=1S/C24H26N2O3S2/c1-17-9-10-23(18(2)16-17)31(28,29)26-13-11-19(12-14-26)24(27)25-21-7-4-3-6-20(21)22-8-5-15-30-22/h3-10,15-16,19H,11-14H2,1-2H3,(H,25,27). The number of carbonyl (C=O) groups is 1. The maximum absolute atomic E-state index is 13.1. The van der Waals surface area contributed by atoms with E-state index in [9.17, 15) is 13.2 Å². The van der Waals surface area contributed by atoms with E-state index in [1.807, 2.05) is 67.8 Å². The zero-order valence-electron chi connectivity index (χ0n) is 17.7. The molecule has 0 unspecified atom stereocenters. The van der Waals surface area contributed by atoms with E-state index in [2.05, 4.69) is 5.32 Å². The van der Waals surface area contributed by atoms with E-state index in [-0.39, 0.29) is 11.8 Å². The van der Waals surface area contributed by atoms with E-state index in [4.69, 9.17) is 0 Å². The third-order valence-corrected chi connectivity index (χ3v) is 8.71. The molecule has 0 bridgehead atoms. The third kappa shape index (κ3) is 4.59. The average Bonchev–Trinajstić information content (AvgIpc) is 3.28. The second kappa shape index (κ2) is 8.94. The van der Waals surface area contributed by atoms with Crippen LogP contribution in [0.1, 0.15) is 24.0 Å². The van der Waals surface area contributed by atoms with Gasteiger partial charge in [0.15, 0.2) is 0 Å². The van der Waals surface area contributed by atoms with Crippen LogP contribution in [0.2, 0.25) is 0 Å². The summed E-state index contributed by atoms with van der Waals surface area (Å²) in [6.45, 7) is 4.47. The van der Waals surface area contributed by atoms with E-state index in [0.717, 1.165) is 27.3 Å². The lowest BCUT2D eigenvalue weighted by atomic mass is 9.97. The molecule has 162 valence electrons.